The molecule has 5 nitrogen and oxygen atoms in total. The van der Waals surface area contributed by atoms with E-state index >= 15 is 0 Å². The van der Waals surface area contributed by atoms with E-state index < -0.39 is 6.09 Å². The quantitative estimate of drug-likeness (QED) is 0.451. The summed E-state index contributed by atoms with van der Waals surface area (Å²) in [5.41, 5.74) is 7.09. The average Bonchev–Trinajstić information content (AvgIpc) is 2.39. The van der Waals surface area contributed by atoms with Crippen molar-refractivity contribution in [2.45, 2.75) is 18.2 Å². The number of hydrogen-bond donors (Lipinski definition) is 3. The molecule has 0 aliphatic rings. The van der Waals surface area contributed by atoms with Gasteiger partial charge in [-0.3, -0.25) is 5.32 Å². The van der Waals surface area contributed by atoms with Crippen LogP contribution in [0, 0.1) is 0 Å². The third-order valence-corrected chi connectivity index (χ3v) is 3.55. The highest BCUT2D eigenvalue weighted by atomic mass is 32.2. The molecule has 0 saturated carbocycles. The lowest BCUT2D eigenvalue weighted by molar-refractivity contribution is 0.177. The molecule has 1 aromatic rings. The molecule has 104 valence electrons. The molecule has 1 aromatic carbocycles. The summed E-state index contributed by atoms with van der Waals surface area (Å²) in [5.74, 6) is 1.04. The largest absolute Gasteiger partial charge is 0.453 e. The Balaban J connectivity index is 2.70. The van der Waals surface area contributed by atoms with Gasteiger partial charge in [0.05, 0.1) is 18.5 Å². The van der Waals surface area contributed by atoms with Gasteiger partial charge in [0, 0.05) is 4.90 Å². The maximum atomic E-state index is 11.0. The monoisotopic (exact) mass is 299 g/mol. The molecule has 1 amide bonds. The van der Waals surface area contributed by atoms with E-state index in [9.17, 15) is 4.79 Å². The fraction of sp³-hybridized carbons (Fsp3) is 0.333. The van der Waals surface area contributed by atoms with Gasteiger partial charge < -0.3 is 15.8 Å². The van der Waals surface area contributed by atoms with Crippen molar-refractivity contribution in [1.29, 1.82) is 0 Å². The number of amides is 1. The Morgan fingerprint density at radius 3 is 2.89 bits per heavy atom. The second kappa shape index (κ2) is 7.85. The van der Waals surface area contributed by atoms with Gasteiger partial charge in [-0.1, -0.05) is 6.92 Å². The van der Waals surface area contributed by atoms with Crippen LogP contribution in [0.5, 0.6) is 0 Å². The van der Waals surface area contributed by atoms with Crippen LogP contribution in [-0.2, 0) is 4.74 Å². The first-order chi connectivity index (χ1) is 9.06. The number of alkyl carbamates (subject to hydrolysis) is 1. The van der Waals surface area contributed by atoms with E-state index in [0.717, 1.165) is 17.1 Å². The van der Waals surface area contributed by atoms with E-state index in [1.54, 1.807) is 17.8 Å². The van der Waals surface area contributed by atoms with Gasteiger partial charge in [0.25, 0.3) is 0 Å². The lowest BCUT2D eigenvalue weighted by Gasteiger charge is -2.12. The molecule has 0 spiro atoms. The molecule has 0 aliphatic heterocycles. The zero-order valence-corrected chi connectivity index (χ0v) is 12.5. The summed E-state index contributed by atoms with van der Waals surface area (Å²) in [6.07, 6.45) is 0.479. The number of methoxy groups -OCH3 is 1. The number of nitrogens with two attached hydrogens (primary N) is 1. The number of carbonyl (C=O) groups is 1. The molecule has 0 fully saturated rings. The van der Waals surface area contributed by atoms with Crippen LogP contribution in [-0.4, -0.2) is 24.1 Å². The third kappa shape index (κ3) is 5.35. The first-order valence-electron chi connectivity index (χ1n) is 5.75. The number of ether oxygens (including phenoxy) is 1. The van der Waals surface area contributed by atoms with Crippen LogP contribution in [0.2, 0.25) is 0 Å². The van der Waals surface area contributed by atoms with Crippen molar-refractivity contribution in [3.63, 3.8) is 0 Å². The summed E-state index contributed by atoms with van der Waals surface area (Å²) < 4.78 is 4.45. The van der Waals surface area contributed by atoms with Crippen LogP contribution in [0.15, 0.2) is 23.1 Å². The van der Waals surface area contributed by atoms with E-state index in [-0.39, 0.29) is 5.11 Å². The van der Waals surface area contributed by atoms with Crippen molar-refractivity contribution in [2.24, 2.45) is 0 Å². The minimum atomic E-state index is -0.618. The molecular weight excluding hydrogens is 282 g/mol. The van der Waals surface area contributed by atoms with Crippen LogP contribution in [0.4, 0.5) is 16.2 Å². The molecule has 0 atom stereocenters. The minimum absolute atomic E-state index is 0.149. The highest BCUT2D eigenvalue weighted by Crippen LogP contribution is 2.26. The van der Waals surface area contributed by atoms with Gasteiger partial charge in [0.1, 0.15) is 0 Å². The third-order valence-electron chi connectivity index (χ3n) is 2.15. The molecule has 0 bridgehead atoms. The molecule has 4 N–H and O–H groups in total. The number of hydrogen-bond acceptors (Lipinski definition) is 5. The van der Waals surface area contributed by atoms with Gasteiger partial charge in [-0.25, -0.2) is 4.79 Å². The molecule has 7 heteroatoms. The Morgan fingerprint density at radius 2 is 2.26 bits per heavy atom. The second-order valence-corrected chi connectivity index (χ2v) is 5.24. The highest BCUT2D eigenvalue weighted by Gasteiger charge is 2.07. The first kappa shape index (κ1) is 15.6. The van der Waals surface area contributed by atoms with Gasteiger partial charge in [-0.15, -0.1) is 11.8 Å². The Labute approximate surface area is 122 Å². The van der Waals surface area contributed by atoms with Crippen molar-refractivity contribution >= 4 is 46.6 Å². The minimum Gasteiger partial charge on any atom is -0.453 e. The topological polar surface area (TPSA) is 76.4 Å². The number of anilines is 2. The fourth-order valence-electron chi connectivity index (χ4n) is 1.25. The number of rotatable bonds is 4. The van der Waals surface area contributed by atoms with E-state index in [0.29, 0.717) is 11.4 Å². The van der Waals surface area contributed by atoms with Gasteiger partial charge in [-0.2, -0.15) is 0 Å². The second-order valence-electron chi connectivity index (χ2n) is 3.67. The predicted molar refractivity (Wildman–Crippen MR) is 83.6 cm³/mol. The molecule has 0 unspecified atom stereocenters. The molecular formula is C12H17N3O2S2. The first-order valence-corrected chi connectivity index (χ1v) is 7.14. The summed E-state index contributed by atoms with van der Waals surface area (Å²) in [5, 5.41) is 5.39. The van der Waals surface area contributed by atoms with Crippen molar-refractivity contribution in [1.82, 2.24) is 5.32 Å². The van der Waals surface area contributed by atoms with E-state index in [1.807, 2.05) is 12.1 Å². The zero-order chi connectivity index (χ0) is 14.3. The maximum Gasteiger partial charge on any atom is 0.413 e. The van der Waals surface area contributed by atoms with E-state index in [4.69, 9.17) is 18.0 Å². The number of thiocarbonyl (C=S) groups is 1. The smallest absolute Gasteiger partial charge is 0.413 e. The number of thioether (sulfide) groups is 1. The molecule has 1 rings (SSSR count). The van der Waals surface area contributed by atoms with Crippen LogP contribution < -0.4 is 16.4 Å². The molecule has 19 heavy (non-hydrogen) atoms. The maximum absolute atomic E-state index is 11.0. The standard InChI is InChI=1S/C12H17N3O2S2/c1-3-6-19-8-4-5-9(13)10(7-8)14-11(18)15-12(16)17-2/h4-5,7H,3,6,13H2,1-2H3,(H2,14,15,16,18). The van der Waals surface area contributed by atoms with Crippen LogP contribution in [0.25, 0.3) is 0 Å². The molecule has 0 aliphatic carbocycles. The number of nitrogen functional groups attached to an aromatic ring is 1. The van der Waals surface area contributed by atoms with Crippen molar-refractivity contribution in [3.8, 4) is 0 Å². The summed E-state index contributed by atoms with van der Waals surface area (Å²) >= 11 is 6.72. The normalized spacial score (nSPS) is 9.79. The van der Waals surface area contributed by atoms with E-state index in [2.05, 4.69) is 22.3 Å². The SMILES string of the molecule is CCCSc1ccc(N)c(NC(=S)NC(=O)OC)c1. The summed E-state index contributed by atoms with van der Waals surface area (Å²) in [7, 11) is 1.27. The number of carbonyl (C=O) groups excluding carboxylic acids is 1. The zero-order valence-electron chi connectivity index (χ0n) is 10.9. The number of benzene rings is 1. The molecule has 0 heterocycles. The summed E-state index contributed by atoms with van der Waals surface area (Å²) in [4.78, 5) is 12.1. The Hall–Kier alpha value is -1.47. The Morgan fingerprint density at radius 1 is 1.53 bits per heavy atom. The highest BCUT2D eigenvalue weighted by molar-refractivity contribution is 7.99. The van der Waals surface area contributed by atoms with Crippen molar-refractivity contribution in [2.75, 3.05) is 23.9 Å². The summed E-state index contributed by atoms with van der Waals surface area (Å²) in [6, 6.07) is 5.67. The van der Waals surface area contributed by atoms with Gasteiger partial charge in [-0.05, 0) is 42.6 Å². The van der Waals surface area contributed by atoms with Gasteiger partial charge in [0.2, 0.25) is 0 Å². The summed E-state index contributed by atoms with van der Waals surface area (Å²) in [6.45, 7) is 2.12. The lowest BCUT2D eigenvalue weighted by atomic mass is 10.3. The molecule has 0 saturated heterocycles. The Bertz CT molecular complexity index is 466. The molecule has 0 aromatic heterocycles. The lowest BCUT2D eigenvalue weighted by Crippen LogP contribution is -2.34. The van der Waals surface area contributed by atoms with Crippen LogP contribution in [0.1, 0.15) is 13.3 Å². The Kier molecular flexibility index (Phi) is 6.44. The average molecular weight is 299 g/mol. The van der Waals surface area contributed by atoms with Crippen LogP contribution in [0.3, 0.4) is 0 Å². The predicted octanol–water partition coefficient (Wildman–Crippen LogP) is 2.82. The van der Waals surface area contributed by atoms with Gasteiger partial charge >= 0.3 is 6.09 Å². The fourth-order valence-corrected chi connectivity index (χ4v) is 2.25. The van der Waals surface area contributed by atoms with Crippen LogP contribution >= 0.6 is 24.0 Å². The van der Waals surface area contributed by atoms with Crippen molar-refractivity contribution in [3.05, 3.63) is 18.2 Å². The van der Waals surface area contributed by atoms with E-state index in [1.165, 1.54) is 7.11 Å². The molecule has 0 radical (unpaired) electrons. The van der Waals surface area contributed by atoms with Crippen molar-refractivity contribution < 1.29 is 9.53 Å². The number of nitrogens with one attached hydrogen (secondary N) is 2. The van der Waals surface area contributed by atoms with Gasteiger partial charge in [0.15, 0.2) is 5.11 Å².